The van der Waals surface area contributed by atoms with Crippen molar-refractivity contribution in [1.29, 1.82) is 0 Å². The molecule has 62 valence electrons. The highest BCUT2D eigenvalue weighted by atomic mass is 15.1. The molecule has 0 atom stereocenters. The van der Waals surface area contributed by atoms with E-state index in [0.29, 0.717) is 6.04 Å². The molecule has 1 saturated heterocycles. The molecule has 0 unspecified atom stereocenters. The predicted octanol–water partition coefficient (Wildman–Crippen LogP) is 1.11. The molecule has 0 aromatic heterocycles. The predicted molar refractivity (Wildman–Crippen MR) is 48.1 cm³/mol. The number of likely N-dealkylation sites (tertiary alicyclic amines) is 1. The summed E-state index contributed by atoms with van der Waals surface area (Å²) in [4.78, 5) is 2.23. The van der Waals surface area contributed by atoms with Crippen molar-refractivity contribution in [2.24, 2.45) is 5.73 Å². The maximum absolute atomic E-state index is 5.76. The fourth-order valence-electron chi connectivity index (χ4n) is 1.32. The summed E-state index contributed by atoms with van der Waals surface area (Å²) in [5.41, 5.74) is 6.78. The highest BCUT2D eigenvalue weighted by molar-refractivity contribution is 5.10. The Balaban J connectivity index is 2.38. The monoisotopic (exact) mass is 152 g/mol. The molecule has 0 bridgehead atoms. The normalized spacial score (nSPS) is 19.9. The van der Waals surface area contributed by atoms with Crippen LogP contribution in [0.15, 0.2) is 24.9 Å². The van der Waals surface area contributed by atoms with Gasteiger partial charge in [-0.2, -0.15) is 0 Å². The number of hydrogen-bond acceptors (Lipinski definition) is 2. The molecule has 1 heterocycles. The Labute approximate surface area is 68.4 Å². The number of hydrogen-bond donors (Lipinski definition) is 1. The zero-order chi connectivity index (χ0) is 8.27. The number of nitrogens with two attached hydrogens (primary N) is 1. The molecule has 0 saturated carbocycles. The Morgan fingerprint density at radius 3 is 2.45 bits per heavy atom. The first-order valence-electron chi connectivity index (χ1n) is 4.06. The van der Waals surface area contributed by atoms with Crippen LogP contribution in [-0.2, 0) is 0 Å². The van der Waals surface area contributed by atoms with Crippen LogP contribution in [0.3, 0.4) is 0 Å². The van der Waals surface area contributed by atoms with Crippen LogP contribution in [0.1, 0.15) is 12.8 Å². The highest BCUT2D eigenvalue weighted by Gasteiger charge is 2.15. The van der Waals surface area contributed by atoms with Gasteiger partial charge in [0.2, 0.25) is 0 Å². The van der Waals surface area contributed by atoms with Gasteiger partial charge in [-0.1, -0.05) is 13.2 Å². The average molecular weight is 152 g/mol. The summed E-state index contributed by atoms with van der Waals surface area (Å²) in [5.74, 6) is 0. The third-order valence-electron chi connectivity index (χ3n) is 2.18. The average Bonchev–Trinajstić information content (AvgIpc) is 2.05. The fourth-order valence-corrected chi connectivity index (χ4v) is 1.32. The summed E-state index contributed by atoms with van der Waals surface area (Å²) < 4.78 is 0. The SMILES string of the molecule is C=CC(=C)N1CCC(N)CC1. The van der Waals surface area contributed by atoms with Gasteiger partial charge < -0.3 is 10.6 Å². The van der Waals surface area contributed by atoms with E-state index in [9.17, 15) is 0 Å². The van der Waals surface area contributed by atoms with Gasteiger partial charge in [0, 0.05) is 24.8 Å². The van der Waals surface area contributed by atoms with E-state index in [0.717, 1.165) is 31.6 Å². The molecule has 11 heavy (non-hydrogen) atoms. The summed E-state index contributed by atoms with van der Waals surface area (Å²) in [6.07, 6.45) is 3.95. The van der Waals surface area contributed by atoms with Crippen LogP contribution in [0, 0.1) is 0 Å². The van der Waals surface area contributed by atoms with Crippen molar-refractivity contribution in [2.75, 3.05) is 13.1 Å². The summed E-state index contributed by atoms with van der Waals surface area (Å²) in [6.45, 7) is 9.64. The quantitative estimate of drug-likeness (QED) is 0.600. The van der Waals surface area contributed by atoms with Crippen molar-refractivity contribution in [3.8, 4) is 0 Å². The summed E-state index contributed by atoms with van der Waals surface area (Å²) in [6, 6.07) is 0.392. The zero-order valence-corrected chi connectivity index (χ0v) is 6.92. The second kappa shape index (κ2) is 3.58. The standard InChI is InChI=1S/C9H16N2/c1-3-8(2)11-6-4-9(10)5-7-11/h3,9H,1-2,4-7,10H2. The number of rotatable bonds is 2. The number of nitrogens with zero attached hydrogens (tertiary/aromatic N) is 1. The van der Waals surface area contributed by atoms with Crippen LogP contribution < -0.4 is 5.73 Å². The molecule has 2 heteroatoms. The smallest absolute Gasteiger partial charge is 0.0287 e. The van der Waals surface area contributed by atoms with E-state index in [2.05, 4.69) is 18.1 Å². The number of allylic oxidation sites excluding steroid dienone is 1. The van der Waals surface area contributed by atoms with E-state index in [1.807, 2.05) is 0 Å². The minimum atomic E-state index is 0.392. The van der Waals surface area contributed by atoms with Crippen LogP contribution in [-0.4, -0.2) is 24.0 Å². The Kier molecular flexibility index (Phi) is 2.71. The summed E-state index contributed by atoms with van der Waals surface area (Å²) in [5, 5.41) is 0. The number of piperidine rings is 1. The first-order chi connectivity index (χ1) is 5.24. The van der Waals surface area contributed by atoms with Gasteiger partial charge in [0.25, 0.3) is 0 Å². The van der Waals surface area contributed by atoms with Crippen molar-refractivity contribution >= 4 is 0 Å². The van der Waals surface area contributed by atoms with Gasteiger partial charge in [-0.05, 0) is 18.9 Å². The van der Waals surface area contributed by atoms with E-state index < -0.39 is 0 Å². The van der Waals surface area contributed by atoms with E-state index in [-0.39, 0.29) is 0 Å². The Morgan fingerprint density at radius 1 is 1.45 bits per heavy atom. The van der Waals surface area contributed by atoms with E-state index >= 15 is 0 Å². The van der Waals surface area contributed by atoms with Gasteiger partial charge in [0.15, 0.2) is 0 Å². The van der Waals surface area contributed by atoms with Crippen molar-refractivity contribution < 1.29 is 0 Å². The maximum atomic E-state index is 5.76. The molecular formula is C9H16N2. The minimum absolute atomic E-state index is 0.392. The molecule has 0 radical (unpaired) electrons. The summed E-state index contributed by atoms with van der Waals surface area (Å²) >= 11 is 0. The summed E-state index contributed by atoms with van der Waals surface area (Å²) in [7, 11) is 0. The lowest BCUT2D eigenvalue weighted by Gasteiger charge is -2.32. The second-order valence-corrected chi connectivity index (χ2v) is 3.02. The van der Waals surface area contributed by atoms with E-state index in [1.54, 1.807) is 6.08 Å². The van der Waals surface area contributed by atoms with Crippen LogP contribution >= 0.6 is 0 Å². The minimum Gasteiger partial charge on any atom is -0.372 e. The largest absolute Gasteiger partial charge is 0.372 e. The van der Waals surface area contributed by atoms with E-state index in [4.69, 9.17) is 5.73 Å². The first-order valence-corrected chi connectivity index (χ1v) is 4.06. The highest BCUT2D eigenvalue weighted by Crippen LogP contribution is 2.12. The Bertz CT molecular complexity index is 155. The molecule has 0 spiro atoms. The third-order valence-corrected chi connectivity index (χ3v) is 2.18. The van der Waals surface area contributed by atoms with Crippen molar-refractivity contribution in [3.63, 3.8) is 0 Å². The molecule has 0 amide bonds. The van der Waals surface area contributed by atoms with Crippen LogP contribution in [0.2, 0.25) is 0 Å². The fraction of sp³-hybridized carbons (Fsp3) is 0.556. The van der Waals surface area contributed by atoms with Crippen molar-refractivity contribution in [1.82, 2.24) is 4.90 Å². The third kappa shape index (κ3) is 2.09. The second-order valence-electron chi connectivity index (χ2n) is 3.02. The van der Waals surface area contributed by atoms with Crippen molar-refractivity contribution in [3.05, 3.63) is 24.9 Å². The molecule has 0 aliphatic carbocycles. The lowest BCUT2D eigenvalue weighted by Crippen LogP contribution is -2.38. The molecule has 1 aliphatic rings. The molecule has 0 aromatic carbocycles. The van der Waals surface area contributed by atoms with Crippen LogP contribution in [0.5, 0.6) is 0 Å². The van der Waals surface area contributed by atoms with Gasteiger partial charge in [-0.25, -0.2) is 0 Å². The lowest BCUT2D eigenvalue weighted by atomic mass is 10.1. The van der Waals surface area contributed by atoms with Gasteiger partial charge in [0.1, 0.15) is 0 Å². The van der Waals surface area contributed by atoms with Gasteiger partial charge in [0.05, 0.1) is 0 Å². The maximum Gasteiger partial charge on any atom is 0.0287 e. The molecule has 1 fully saturated rings. The van der Waals surface area contributed by atoms with Gasteiger partial charge >= 0.3 is 0 Å². The molecular weight excluding hydrogens is 136 g/mol. The topological polar surface area (TPSA) is 29.3 Å². The van der Waals surface area contributed by atoms with Crippen LogP contribution in [0.25, 0.3) is 0 Å². The molecule has 1 aliphatic heterocycles. The van der Waals surface area contributed by atoms with Crippen molar-refractivity contribution in [2.45, 2.75) is 18.9 Å². The molecule has 2 N–H and O–H groups in total. The van der Waals surface area contributed by atoms with Crippen LogP contribution in [0.4, 0.5) is 0 Å². The Morgan fingerprint density at radius 2 is 2.00 bits per heavy atom. The molecule has 0 aromatic rings. The first kappa shape index (κ1) is 8.34. The molecule has 1 rings (SSSR count). The molecule has 2 nitrogen and oxygen atoms in total. The van der Waals surface area contributed by atoms with Gasteiger partial charge in [-0.3, -0.25) is 0 Å². The Hall–Kier alpha value is -0.760. The van der Waals surface area contributed by atoms with Gasteiger partial charge in [-0.15, -0.1) is 0 Å². The zero-order valence-electron chi connectivity index (χ0n) is 6.92. The lowest BCUT2D eigenvalue weighted by molar-refractivity contribution is 0.272. The van der Waals surface area contributed by atoms with E-state index in [1.165, 1.54) is 0 Å².